The Bertz CT molecular complexity index is 739. The summed E-state index contributed by atoms with van der Waals surface area (Å²) in [4.78, 5) is 25.8. The van der Waals surface area contributed by atoms with Crippen molar-refractivity contribution < 1.29 is 19.1 Å². The quantitative estimate of drug-likeness (QED) is 0.716. The van der Waals surface area contributed by atoms with Gasteiger partial charge in [-0.15, -0.1) is 11.3 Å². The van der Waals surface area contributed by atoms with Crippen LogP contribution in [0.4, 0.5) is 5.69 Å². The van der Waals surface area contributed by atoms with Gasteiger partial charge in [-0.25, -0.2) is 4.79 Å². The highest BCUT2D eigenvalue weighted by Gasteiger charge is 2.15. The van der Waals surface area contributed by atoms with Gasteiger partial charge < -0.3 is 14.8 Å². The minimum absolute atomic E-state index is 0.334. The van der Waals surface area contributed by atoms with Crippen molar-refractivity contribution in [1.29, 1.82) is 0 Å². The third-order valence-corrected chi connectivity index (χ3v) is 4.61. The van der Waals surface area contributed by atoms with E-state index >= 15 is 0 Å². The van der Waals surface area contributed by atoms with Gasteiger partial charge in [0, 0.05) is 4.88 Å². The molecule has 1 N–H and O–H groups in total. The minimum atomic E-state index is -0.469. The number of carbonyl (C=O) groups is 2. The highest BCUT2D eigenvalue weighted by atomic mass is 32.1. The van der Waals surface area contributed by atoms with E-state index in [0.29, 0.717) is 22.9 Å². The standard InChI is InChI=1S/C19H23NO4S/c1-4-8-14-11-17(25-13(14)3)19(22)24-12-18(21)20-15-9-6-7-10-16(15)23-5-2/h6-7,9-11H,4-5,8,12H2,1-3H3,(H,20,21). The maximum Gasteiger partial charge on any atom is 0.348 e. The van der Waals surface area contributed by atoms with E-state index in [1.165, 1.54) is 11.3 Å². The maximum atomic E-state index is 12.1. The summed E-state index contributed by atoms with van der Waals surface area (Å²) in [6, 6.07) is 8.99. The van der Waals surface area contributed by atoms with Crippen molar-refractivity contribution in [2.45, 2.75) is 33.6 Å². The summed E-state index contributed by atoms with van der Waals surface area (Å²) in [5.74, 6) is -0.283. The first kappa shape index (κ1) is 19.0. The molecule has 2 rings (SSSR count). The first-order chi connectivity index (χ1) is 12.0. The molecule has 2 aromatic rings. The fraction of sp³-hybridized carbons (Fsp3) is 0.368. The normalized spacial score (nSPS) is 10.4. The second kappa shape index (κ2) is 9.22. The number of thiophene rings is 1. The lowest BCUT2D eigenvalue weighted by Gasteiger charge is -2.11. The fourth-order valence-electron chi connectivity index (χ4n) is 2.38. The van der Waals surface area contributed by atoms with E-state index in [2.05, 4.69) is 12.2 Å². The van der Waals surface area contributed by atoms with Crippen molar-refractivity contribution in [3.05, 3.63) is 45.6 Å². The molecule has 0 fully saturated rings. The maximum absolute atomic E-state index is 12.1. The van der Waals surface area contributed by atoms with E-state index in [-0.39, 0.29) is 6.61 Å². The van der Waals surface area contributed by atoms with Crippen LogP contribution in [0.5, 0.6) is 5.75 Å². The summed E-state index contributed by atoms with van der Waals surface area (Å²) in [6.45, 7) is 6.12. The van der Waals surface area contributed by atoms with Crippen molar-refractivity contribution in [1.82, 2.24) is 0 Å². The average Bonchev–Trinajstić information content (AvgIpc) is 2.96. The van der Waals surface area contributed by atoms with Gasteiger partial charge in [0.2, 0.25) is 0 Å². The highest BCUT2D eigenvalue weighted by molar-refractivity contribution is 7.14. The van der Waals surface area contributed by atoms with E-state index in [1.54, 1.807) is 18.2 Å². The van der Waals surface area contributed by atoms with E-state index < -0.39 is 11.9 Å². The third kappa shape index (κ3) is 5.32. The number of hydrogen-bond acceptors (Lipinski definition) is 5. The average molecular weight is 361 g/mol. The van der Waals surface area contributed by atoms with Crippen molar-refractivity contribution >= 4 is 28.9 Å². The van der Waals surface area contributed by atoms with Crippen LogP contribution < -0.4 is 10.1 Å². The molecule has 0 saturated carbocycles. The van der Waals surface area contributed by atoms with Crippen LogP contribution >= 0.6 is 11.3 Å². The number of amides is 1. The van der Waals surface area contributed by atoms with Crippen molar-refractivity contribution in [2.24, 2.45) is 0 Å². The van der Waals surface area contributed by atoms with Crippen LogP contribution in [-0.4, -0.2) is 25.1 Å². The van der Waals surface area contributed by atoms with Gasteiger partial charge in [-0.1, -0.05) is 25.5 Å². The summed E-state index contributed by atoms with van der Waals surface area (Å²) in [5, 5.41) is 2.70. The molecule has 25 heavy (non-hydrogen) atoms. The van der Waals surface area contributed by atoms with Crippen LogP contribution in [0.1, 0.15) is 40.4 Å². The number of anilines is 1. The molecule has 0 bridgehead atoms. The molecule has 6 heteroatoms. The highest BCUT2D eigenvalue weighted by Crippen LogP contribution is 2.24. The van der Waals surface area contributed by atoms with E-state index in [9.17, 15) is 9.59 Å². The van der Waals surface area contributed by atoms with Gasteiger partial charge >= 0.3 is 5.97 Å². The molecule has 0 aliphatic heterocycles. The van der Waals surface area contributed by atoms with Crippen LogP contribution in [0.2, 0.25) is 0 Å². The smallest absolute Gasteiger partial charge is 0.348 e. The van der Waals surface area contributed by atoms with Crippen LogP contribution in [0.3, 0.4) is 0 Å². The van der Waals surface area contributed by atoms with Gasteiger partial charge in [-0.2, -0.15) is 0 Å². The van der Waals surface area contributed by atoms with Gasteiger partial charge in [0.25, 0.3) is 5.91 Å². The topological polar surface area (TPSA) is 64.6 Å². The zero-order valence-electron chi connectivity index (χ0n) is 14.8. The molecule has 0 aliphatic carbocycles. The van der Waals surface area contributed by atoms with Crippen molar-refractivity contribution in [3.8, 4) is 5.75 Å². The third-order valence-electron chi connectivity index (χ3n) is 3.54. The Labute approximate surface area is 152 Å². The molecule has 0 saturated heterocycles. The number of para-hydroxylation sites is 2. The predicted molar refractivity (Wildman–Crippen MR) is 99.6 cm³/mol. The molecule has 0 aliphatic rings. The predicted octanol–water partition coefficient (Wildman–Crippen LogP) is 4.20. The SMILES string of the molecule is CCCc1cc(C(=O)OCC(=O)Nc2ccccc2OCC)sc1C. The Morgan fingerprint density at radius 2 is 1.96 bits per heavy atom. The molecule has 5 nitrogen and oxygen atoms in total. The number of rotatable bonds is 8. The Morgan fingerprint density at radius 3 is 2.68 bits per heavy atom. The number of nitrogens with one attached hydrogen (secondary N) is 1. The lowest BCUT2D eigenvalue weighted by Crippen LogP contribution is -2.21. The molecule has 134 valence electrons. The Morgan fingerprint density at radius 1 is 1.20 bits per heavy atom. The summed E-state index contributed by atoms with van der Waals surface area (Å²) in [6.07, 6.45) is 1.96. The molecule has 0 radical (unpaired) electrons. The van der Waals surface area contributed by atoms with Crippen molar-refractivity contribution in [2.75, 3.05) is 18.5 Å². The molecule has 0 atom stereocenters. The molecule has 0 spiro atoms. The molecule has 1 aromatic heterocycles. The number of benzene rings is 1. The van der Waals surface area contributed by atoms with Crippen LogP contribution in [0, 0.1) is 6.92 Å². The Balaban J connectivity index is 1.91. The number of carbonyl (C=O) groups excluding carboxylic acids is 2. The van der Waals surface area contributed by atoms with Crippen molar-refractivity contribution in [3.63, 3.8) is 0 Å². The van der Waals surface area contributed by atoms with Gasteiger partial charge in [0.05, 0.1) is 12.3 Å². The summed E-state index contributed by atoms with van der Waals surface area (Å²) < 4.78 is 10.6. The van der Waals surface area contributed by atoms with Gasteiger partial charge in [-0.3, -0.25) is 4.79 Å². The molecular formula is C19H23NO4S. The lowest BCUT2D eigenvalue weighted by molar-refractivity contribution is -0.119. The number of aryl methyl sites for hydroxylation is 2. The number of esters is 1. The minimum Gasteiger partial charge on any atom is -0.492 e. The van der Waals surface area contributed by atoms with Gasteiger partial charge in [0.1, 0.15) is 10.6 Å². The van der Waals surface area contributed by atoms with Crippen LogP contribution in [0.15, 0.2) is 30.3 Å². The second-order valence-electron chi connectivity index (χ2n) is 5.50. The molecule has 0 unspecified atom stereocenters. The van der Waals surface area contributed by atoms with Gasteiger partial charge in [-0.05, 0) is 44.0 Å². The van der Waals surface area contributed by atoms with E-state index in [4.69, 9.17) is 9.47 Å². The second-order valence-corrected chi connectivity index (χ2v) is 6.75. The number of hydrogen-bond donors (Lipinski definition) is 1. The lowest BCUT2D eigenvalue weighted by atomic mass is 10.1. The van der Waals surface area contributed by atoms with Crippen LogP contribution in [-0.2, 0) is 16.0 Å². The van der Waals surface area contributed by atoms with Gasteiger partial charge in [0.15, 0.2) is 6.61 Å². The van der Waals surface area contributed by atoms with Crippen LogP contribution in [0.25, 0.3) is 0 Å². The zero-order valence-corrected chi connectivity index (χ0v) is 15.6. The molecule has 1 amide bonds. The van der Waals surface area contributed by atoms with E-state index in [1.807, 2.05) is 26.0 Å². The molecule has 1 heterocycles. The van der Waals surface area contributed by atoms with E-state index in [0.717, 1.165) is 23.3 Å². The largest absolute Gasteiger partial charge is 0.492 e. The Hall–Kier alpha value is -2.34. The summed E-state index contributed by atoms with van der Waals surface area (Å²) >= 11 is 1.40. The monoisotopic (exact) mass is 361 g/mol. The first-order valence-corrected chi connectivity index (χ1v) is 9.14. The fourth-order valence-corrected chi connectivity index (χ4v) is 3.34. The number of ether oxygens (including phenoxy) is 2. The zero-order chi connectivity index (χ0) is 18.2. The summed E-state index contributed by atoms with van der Waals surface area (Å²) in [7, 11) is 0. The Kier molecular flexibility index (Phi) is 7.01. The molecular weight excluding hydrogens is 338 g/mol. The molecule has 1 aromatic carbocycles. The summed E-state index contributed by atoms with van der Waals surface area (Å²) in [5.41, 5.74) is 1.72. The first-order valence-electron chi connectivity index (χ1n) is 8.33.